The topological polar surface area (TPSA) is 80.9 Å². The van der Waals surface area contributed by atoms with Crippen molar-refractivity contribution in [1.82, 2.24) is 9.88 Å². The van der Waals surface area contributed by atoms with E-state index in [-0.39, 0.29) is 23.5 Å². The van der Waals surface area contributed by atoms with E-state index < -0.39 is 4.92 Å². The van der Waals surface area contributed by atoms with E-state index >= 15 is 0 Å². The van der Waals surface area contributed by atoms with Crippen LogP contribution >= 0.6 is 11.8 Å². The predicted octanol–water partition coefficient (Wildman–Crippen LogP) is 3.59. The highest BCUT2D eigenvalue weighted by Gasteiger charge is 2.44. The van der Waals surface area contributed by atoms with Gasteiger partial charge < -0.3 is 9.64 Å². The van der Waals surface area contributed by atoms with Crippen LogP contribution in [0, 0.1) is 10.1 Å². The van der Waals surface area contributed by atoms with Crippen molar-refractivity contribution in [1.29, 1.82) is 0 Å². The zero-order valence-corrected chi connectivity index (χ0v) is 15.2. The molecule has 0 saturated carbocycles. The first kappa shape index (κ1) is 16.8. The molecule has 2 aliphatic rings. The molecule has 2 aliphatic heterocycles. The van der Waals surface area contributed by atoms with Crippen molar-refractivity contribution in [2.75, 3.05) is 13.7 Å². The molecule has 2 aromatic rings. The minimum atomic E-state index is -0.407. The molecule has 1 saturated heterocycles. The lowest BCUT2D eigenvalue weighted by Gasteiger charge is -2.27. The molecule has 0 spiro atoms. The molecule has 8 heteroatoms. The number of amidine groups is 1. The second-order valence-corrected chi connectivity index (χ2v) is 7.73. The molecule has 3 atom stereocenters. The number of aliphatic imine (C=N–C) groups is 1. The molecule has 26 heavy (non-hydrogen) atoms. The van der Waals surface area contributed by atoms with Crippen LogP contribution in [-0.2, 0) is 0 Å². The van der Waals surface area contributed by atoms with Crippen LogP contribution in [0.2, 0.25) is 0 Å². The maximum atomic E-state index is 11.4. The van der Waals surface area contributed by atoms with E-state index in [1.54, 1.807) is 30.1 Å². The van der Waals surface area contributed by atoms with Crippen LogP contribution in [0.1, 0.15) is 30.3 Å². The lowest BCUT2D eigenvalue weighted by molar-refractivity contribution is -0.385. The van der Waals surface area contributed by atoms with Gasteiger partial charge in [-0.1, -0.05) is 30.8 Å². The highest BCUT2D eigenvalue weighted by Crippen LogP contribution is 2.48. The monoisotopic (exact) mass is 370 g/mol. The molecule has 0 aliphatic carbocycles. The summed E-state index contributed by atoms with van der Waals surface area (Å²) < 4.78 is 5.14. The zero-order chi connectivity index (χ0) is 18.3. The molecule has 1 aromatic heterocycles. The Hall–Kier alpha value is -2.61. The summed E-state index contributed by atoms with van der Waals surface area (Å²) in [5, 5.41) is 12.9. The highest BCUT2D eigenvalue weighted by molar-refractivity contribution is 8.14. The minimum Gasteiger partial charge on any atom is -0.490 e. The van der Waals surface area contributed by atoms with Gasteiger partial charge in [0, 0.05) is 24.1 Å². The van der Waals surface area contributed by atoms with Crippen LogP contribution < -0.4 is 4.74 Å². The van der Waals surface area contributed by atoms with Crippen LogP contribution in [0.5, 0.6) is 5.75 Å². The number of rotatable bonds is 4. The number of aromatic nitrogens is 1. The van der Waals surface area contributed by atoms with Gasteiger partial charge in [0.05, 0.1) is 23.8 Å². The van der Waals surface area contributed by atoms with Gasteiger partial charge in [-0.3, -0.25) is 20.1 Å². The van der Waals surface area contributed by atoms with E-state index in [0.29, 0.717) is 5.25 Å². The van der Waals surface area contributed by atoms with E-state index in [1.165, 1.54) is 7.11 Å². The molecule has 0 radical (unpaired) electrons. The van der Waals surface area contributed by atoms with Crippen molar-refractivity contribution in [2.24, 2.45) is 4.99 Å². The number of hydrogen-bond acceptors (Lipinski definition) is 7. The summed E-state index contributed by atoms with van der Waals surface area (Å²) in [4.78, 5) is 22.6. The number of ether oxygens (including phenoxy) is 1. The number of nitro benzene ring substituents is 1. The van der Waals surface area contributed by atoms with Crippen molar-refractivity contribution < 1.29 is 9.66 Å². The molecule has 4 rings (SSSR count). The van der Waals surface area contributed by atoms with Gasteiger partial charge in [0.25, 0.3) is 0 Å². The lowest BCUT2D eigenvalue weighted by Crippen LogP contribution is -2.28. The lowest BCUT2D eigenvalue weighted by atomic mass is 9.96. The van der Waals surface area contributed by atoms with Crippen molar-refractivity contribution in [3.05, 3.63) is 64.0 Å². The summed E-state index contributed by atoms with van der Waals surface area (Å²) in [6.07, 6.45) is 1.75. The van der Waals surface area contributed by atoms with Crippen LogP contribution in [0.25, 0.3) is 0 Å². The first-order chi connectivity index (χ1) is 12.6. The number of methoxy groups -OCH3 is 1. The molecule has 0 amide bonds. The van der Waals surface area contributed by atoms with Gasteiger partial charge in [-0.05, 0) is 23.8 Å². The summed E-state index contributed by atoms with van der Waals surface area (Å²) >= 11 is 1.74. The fourth-order valence-electron chi connectivity index (χ4n) is 3.51. The Balaban J connectivity index is 1.80. The summed E-state index contributed by atoms with van der Waals surface area (Å²) in [6.45, 7) is 3.02. The maximum Gasteiger partial charge on any atom is 0.311 e. The van der Waals surface area contributed by atoms with E-state index in [1.807, 2.05) is 24.3 Å². The number of benzene rings is 1. The summed E-state index contributed by atoms with van der Waals surface area (Å²) in [5.74, 6) is 0.261. The smallest absolute Gasteiger partial charge is 0.311 e. The molecular formula is C18H18N4O3S. The van der Waals surface area contributed by atoms with E-state index in [4.69, 9.17) is 9.73 Å². The predicted molar refractivity (Wildman–Crippen MR) is 101 cm³/mol. The summed E-state index contributed by atoms with van der Waals surface area (Å²) in [7, 11) is 1.44. The number of fused-ring (bicyclic) bond motifs is 1. The van der Waals surface area contributed by atoms with Gasteiger partial charge >= 0.3 is 5.69 Å². The van der Waals surface area contributed by atoms with Crippen molar-refractivity contribution in [3.63, 3.8) is 0 Å². The van der Waals surface area contributed by atoms with Crippen molar-refractivity contribution in [2.45, 2.75) is 24.3 Å². The Bertz CT molecular complexity index is 874. The molecule has 0 unspecified atom stereocenters. The van der Waals surface area contributed by atoms with Crippen molar-refractivity contribution in [3.8, 4) is 5.75 Å². The first-order valence-corrected chi connectivity index (χ1v) is 9.21. The van der Waals surface area contributed by atoms with Gasteiger partial charge in [-0.2, -0.15) is 0 Å². The van der Waals surface area contributed by atoms with Crippen LogP contribution in [0.4, 0.5) is 5.69 Å². The fraction of sp³-hybridized carbons (Fsp3) is 0.333. The second kappa shape index (κ2) is 6.60. The zero-order valence-electron chi connectivity index (χ0n) is 14.4. The average Bonchev–Trinajstić information content (AvgIpc) is 3.17. The quantitative estimate of drug-likeness (QED) is 0.604. The van der Waals surface area contributed by atoms with E-state index in [9.17, 15) is 10.1 Å². The largest absolute Gasteiger partial charge is 0.490 e. The van der Waals surface area contributed by atoms with Gasteiger partial charge in [0.15, 0.2) is 10.9 Å². The standard InChI is InChI=1S/C18H18N4O3S/c1-11-10-21-17(12-6-7-15(25-2)14(9-12)22(23)24)16(20-18(21)26-11)13-5-3-4-8-19-13/h3-9,11,16-17H,10H2,1-2H3/t11-,16-,17-/m0/s1. The first-order valence-electron chi connectivity index (χ1n) is 8.33. The van der Waals surface area contributed by atoms with Gasteiger partial charge in [-0.15, -0.1) is 0 Å². The van der Waals surface area contributed by atoms with Crippen LogP contribution in [0.15, 0.2) is 47.6 Å². The number of nitrogens with zero attached hydrogens (tertiary/aromatic N) is 4. The number of thioether (sulfide) groups is 1. The molecular weight excluding hydrogens is 352 g/mol. The Kier molecular flexibility index (Phi) is 4.28. The third-order valence-corrected chi connectivity index (χ3v) is 5.72. The van der Waals surface area contributed by atoms with Gasteiger partial charge in [-0.25, -0.2) is 0 Å². The molecule has 7 nitrogen and oxygen atoms in total. The van der Waals surface area contributed by atoms with Gasteiger partial charge in [0.2, 0.25) is 0 Å². The Labute approximate surface area is 155 Å². The second-order valence-electron chi connectivity index (χ2n) is 6.33. The molecule has 0 bridgehead atoms. The fourth-order valence-corrected chi connectivity index (χ4v) is 4.60. The number of nitro groups is 1. The van der Waals surface area contributed by atoms with Crippen LogP contribution in [-0.4, -0.2) is 38.9 Å². The molecule has 3 heterocycles. The summed E-state index contributed by atoms with van der Waals surface area (Å²) in [5.41, 5.74) is 1.69. The maximum absolute atomic E-state index is 11.4. The Morgan fingerprint density at radius 2 is 2.19 bits per heavy atom. The Morgan fingerprint density at radius 1 is 1.35 bits per heavy atom. The summed E-state index contributed by atoms with van der Waals surface area (Å²) in [6, 6.07) is 10.6. The molecule has 1 aromatic carbocycles. The minimum absolute atomic E-state index is 0.0295. The third-order valence-electron chi connectivity index (χ3n) is 4.62. The molecule has 0 N–H and O–H groups in total. The van der Waals surface area contributed by atoms with Crippen molar-refractivity contribution >= 4 is 22.6 Å². The van der Waals surface area contributed by atoms with Gasteiger partial charge in [0.1, 0.15) is 6.04 Å². The average molecular weight is 370 g/mol. The number of pyridine rings is 1. The Morgan fingerprint density at radius 3 is 2.88 bits per heavy atom. The number of hydrogen-bond donors (Lipinski definition) is 0. The highest BCUT2D eigenvalue weighted by atomic mass is 32.2. The molecule has 134 valence electrons. The molecule has 1 fully saturated rings. The third kappa shape index (κ3) is 2.80. The van der Waals surface area contributed by atoms with Crippen LogP contribution in [0.3, 0.4) is 0 Å². The SMILES string of the molecule is COc1ccc([C@H]2[C@H](c3ccccn3)N=C3S[C@@H](C)CN32)cc1[N+](=O)[O-]. The normalized spacial score (nSPS) is 24.3. The van der Waals surface area contributed by atoms with E-state index in [2.05, 4.69) is 16.8 Å². The van der Waals surface area contributed by atoms with E-state index in [0.717, 1.165) is 23.0 Å².